The number of primary amides is 1. The minimum absolute atomic E-state index is 0.0753. The van der Waals surface area contributed by atoms with Crippen molar-refractivity contribution in [2.45, 2.75) is 30.6 Å². The molecule has 12 heteroatoms. The van der Waals surface area contributed by atoms with E-state index >= 15 is 0 Å². The Hall–Kier alpha value is -3.48. The van der Waals surface area contributed by atoms with E-state index in [-0.39, 0.29) is 16.7 Å². The van der Waals surface area contributed by atoms with E-state index in [1.54, 1.807) is 6.92 Å². The second-order valence-electron chi connectivity index (χ2n) is 10.5. The number of carbonyl (C=O) groups excluding carboxylic acids is 6. The largest absolute Gasteiger partial charge is 0.507 e. The summed E-state index contributed by atoms with van der Waals surface area (Å²) in [4.78, 5) is 81.6. The highest BCUT2D eigenvalue weighted by Crippen LogP contribution is 2.55. The van der Waals surface area contributed by atoms with Crippen LogP contribution in [0.4, 0.5) is 0 Å². The van der Waals surface area contributed by atoms with Crippen LogP contribution in [0.2, 0.25) is 0 Å². The number of rotatable bonds is 3. The maximum Gasteiger partial charge on any atom is 0.253 e. The fraction of sp³-hybridized carbons (Fsp3) is 0.520. The van der Waals surface area contributed by atoms with Crippen molar-refractivity contribution in [3.05, 3.63) is 28.8 Å². The lowest BCUT2D eigenvalue weighted by molar-refractivity contribution is -0.196. The van der Waals surface area contributed by atoms with Crippen molar-refractivity contribution in [3.8, 4) is 5.75 Å². The number of amides is 2. The van der Waals surface area contributed by atoms with Gasteiger partial charge in [0.05, 0.1) is 29.5 Å². The maximum absolute atomic E-state index is 13.9. The summed E-state index contributed by atoms with van der Waals surface area (Å²) in [7, 11) is 5.82. The van der Waals surface area contributed by atoms with E-state index in [0.717, 1.165) is 6.07 Å². The van der Waals surface area contributed by atoms with Crippen molar-refractivity contribution in [1.29, 1.82) is 0 Å². The number of ketones is 4. The molecule has 2 unspecified atom stereocenters. The van der Waals surface area contributed by atoms with Crippen LogP contribution < -0.4 is 5.73 Å². The van der Waals surface area contributed by atoms with Gasteiger partial charge in [0.2, 0.25) is 5.91 Å². The van der Waals surface area contributed by atoms with Gasteiger partial charge in [-0.15, -0.1) is 0 Å². The van der Waals surface area contributed by atoms with Crippen LogP contribution in [0.3, 0.4) is 0 Å². The van der Waals surface area contributed by atoms with Gasteiger partial charge in [0.25, 0.3) is 5.91 Å². The highest BCUT2D eigenvalue weighted by atomic mass is 16.3. The lowest BCUT2D eigenvalue weighted by Gasteiger charge is -2.56. The molecule has 0 aromatic heterocycles. The van der Waals surface area contributed by atoms with Crippen LogP contribution >= 0.6 is 0 Å². The number of phenolic OH excluding ortho intramolecular Hbond substituents is 1. The number of carbonyl (C=O) groups is 6. The third kappa shape index (κ3) is 3.32. The van der Waals surface area contributed by atoms with Gasteiger partial charge in [0.1, 0.15) is 5.75 Å². The third-order valence-corrected chi connectivity index (χ3v) is 8.10. The molecule has 8 atom stereocenters. The summed E-state index contributed by atoms with van der Waals surface area (Å²) in [5, 5.41) is 33.8. The molecule has 3 aliphatic carbocycles. The zero-order valence-corrected chi connectivity index (χ0v) is 21.0. The molecule has 0 saturated heterocycles. The van der Waals surface area contributed by atoms with Crippen LogP contribution in [0.25, 0.3) is 0 Å². The molecule has 0 bridgehead atoms. The number of benzene rings is 1. The second kappa shape index (κ2) is 8.54. The van der Waals surface area contributed by atoms with Gasteiger partial charge in [0, 0.05) is 25.6 Å². The van der Waals surface area contributed by atoms with E-state index in [4.69, 9.17) is 5.73 Å². The molecule has 1 aromatic rings. The Labute approximate surface area is 212 Å². The van der Waals surface area contributed by atoms with E-state index < -0.39 is 88.0 Å². The number of Topliss-reactive ketones (excluding diaryl/α,β-unsaturated/α-hetero) is 4. The molecule has 2 fully saturated rings. The van der Waals surface area contributed by atoms with Gasteiger partial charge in [-0.3, -0.25) is 33.7 Å². The van der Waals surface area contributed by atoms with Crippen LogP contribution in [0.1, 0.15) is 39.1 Å². The Balaban J connectivity index is 1.99. The average molecular weight is 516 g/mol. The number of aliphatic hydroxyl groups is 2. The quantitative estimate of drug-likeness (QED) is 0.330. The van der Waals surface area contributed by atoms with Crippen molar-refractivity contribution in [2.75, 3.05) is 28.2 Å². The van der Waals surface area contributed by atoms with E-state index in [0.29, 0.717) is 0 Å². The Morgan fingerprint density at radius 3 is 2.14 bits per heavy atom. The number of likely N-dealkylation sites (N-methyl/N-ethyl adjacent to an activating group) is 1. The summed E-state index contributed by atoms with van der Waals surface area (Å²) in [6, 6.07) is 1.01. The van der Waals surface area contributed by atoms with Crippen LogP contribution in [-0.2, 0) is 19.2 Å². The minimum atomic E-state index is -3.07. The lowest BCUT2D eigenvalue weighted by Crippen LogP contribution is -2.77. The first-order chi connectivity index (χ1) is 17.1. The van der Waals surface area contributed by atoms with Crippen molar-refractivity contribution < 1.29 is 44.1 Å². The number of aliphatic hydroxyl groups excluding tert-OH is 1. The number of aromatic hydroxyl groups is 1. The smallest absolute Gasteiger partial charge is 0.253 e. The molecule has 2 saturated carbocycles. The highest BCUT2D eigenvalue weighted by Gasteiger charge is 2.73. The predicted octanol–water partition coefficient (Wildman–Crippen LogP) is -1.90. The van der Waals surface area contributed by atoms with E-state index in [1.807, 2.05) is 0 Å². The summed E-state index contributed by atoms with van der Waals surface area (Å²) >= 11 is 0. The van der Waals surface area contributed by atoms with Crippen LogP contribution in [0, 0.1) is 23.7 Å². The Bertz CT molecular complexity index is 1270. The first-order valence-corrected chi connectivity index (χ1v) is 11.7. The van der Waals surface area contributed by atoms with Crippen molar-refractivity contribution in [1.82, 2.24) is 9.80 Å². The van der Waals surface area contributed by atoms with Gasteiger partial charge >= 0.3 is 0 Å². The highest BCUT2D eigenvalue weighted by molar-refractivity contribution is 6.32. The molecular weight excluding hydrogens is 486 g/mol. The van der Waals surface area contributed by atoms with Crippen molar-refractivity contribution in [2.24, 2.45) is 29.4 Å². The van der Waals surface area contributed by atoms with Gasteiger partial charge in [-0.2, -0.15) is 0 Å². The third-order valence-electron chi connectivity index (χ3n) is 8.10. The zero-order valence-electron chi connectivity index (χ0n) is 21.0. The number of hydrogen-bond acceptors (Lipinski definition) is 10. The van der Waals surface area contributed by atoms with E-state index in [1.165, 1.54) is 44.1 Å². The zero-order chi connectivity index (χ0) is 27.9. The van der Waals surface area contributed by atoms with E-state index in [9.17, 15) is 44.1 Å². The van der Waals surface area contributed by atoms with Gasteiger partial charge in [-0.25, -0.2) is 0 Å². The predicted molar refractivity (Wildman–Crippen MR) is 125 cm³/mol. The minimum Gasteiger partial charge on any atom is -0.507 e. The van der Waals surface area contributed by atoms with Crippen LogP contribution in [-0.4, -0.2) is 106 Å². The summed E-state index contributed by atoms with van der Waals surface area (Å²) in [6.07, 6.45) is -1.77. The summed E-state index contributed by atoms with van der Waals surface area (Å²) < 4.78 is 0. The van der Waals surface area contributed by atoms with Crippen molar-refractivity contribution >= 4 is 34.9 Å². The average Bonchev–Trinajstić information content (AvgIpc) is 2.80. The molecule has 0 spiro atoms. The Kier molecular flexibility index (Phi) is 6.13. The second-order valence-corrected chi connectivity index (χ2v) is 10.5. The Morgan fingerprint density at radius 1 is 1.03 bits per heavy atom. The number of fused-ring (bicyclic) bond motifs is 3. The number of nitrogens with two attached hydrogens (primary N) is 1. The molecule has 198 valence electrons. The first-order valence-electron chi connectivity index (χ1n) is 11.7. The molecule has 2 amide bonds. The molecule has 0 radical (unpaired) electrons. The summed E-state index contributed by atoms with van der Waals surface area (Å²) in [5.74, 6) is -14.9. The molecule has 37 heavy (non-hydrogen) atoms. The normalized spacial score (nSPS) is 35.1. The topological polar surface area (TPSA) is 196 Å². The maximum atomic E-state index is 13.9. The van der Waals surface area contributed by atoms with Gasteiger partial charge in [-0.05, 0) is 37.7 Å². The monoisotopic (exact) mass is 515 g/mol. The fourth-order valence-electron chi connectivity index (χ4n) is 6.50. The number of hydrogen-bond donors (Lipinski definition) is 4. The lowest BCUT2D eigenvalue weighted by atomic mass is 9.49. The summed E-state index contributed by atoms with van der Waals surface area (Å²) in [6.45, 7) is 1.55. The molecule has 12 nitrogen and oxygen atoms in total. The summed E-state index contributed by atoms with van der Waals surface area (Å²) in [5.41, 5.74) is 2.09. The SMILES string of the molecule is C[C@H]1c2c(C(=O)N(C)C)ccc(O)c2C(=O)C2C(=O)[C@]3(O)C(=O)C(C(N)=O)C(=O)[C@@H](N(C)C)[C@@H]3[C@@H](O)[C@@H]21. The first kappa shape index (κ1) is 26.6. The van der Waals surface area contributed by atoms with Gasteiger partial charge < -0.3 is 26.0 Å². The Morgan fingerprint density at radius 2 is 1.62 bits per heavy atom. The van der Waals surface area contributed by atoms with Crippen LogP contribution in [0.15, 0.2) is 12.1 Å². The van der Waals surface area contributed by atoms with Crippen LogP contribution in [0.5, 0.6) is 5.75 Å². The number of phenols is 1. The van der Waals surface area contributed by atoms with Gasteiger partial charge in [0.15, 0.2) is 34.7 Å². The fourth-order valence-corrected chi connectivity index (χ4v) is 6.50. The molecule has 5 N–H and O–H groups in total. The molecule has 0 heterocycles. The molecule has 3 aliphatic rings. The molecule has 1 aromatic carbocycles. The van der Waals surface area contributed by atoms with E-state index in [2.05, 4.69) is 0 Å². The molecular formula is C25H29N3O9. The molecule has 4 rings (SSSR count). The van der Waals surface area contributed by atoms with Crippen molar-refractivity contribution in [3.63, 3.8) is 0 Å². The number of nitrogens with zero attached hydrogens (tertiary/aromatic N) is 2. The van der Waals surface area contributed by atoms with Gasteiger partial charge in [-0.1, -0.05) is 6.92 Å². The molecule has 0 aliphatic heterocycles. The standard InChI is InChI=1S/C25H29N3O9/c1-8-11-9(24(36)28(4)5)6-7-10(29)13(11)18(30)14-12(8)19(31)16-17(27(2)3)20(32)15(23(26)35)22(34)25(16,37)21(14)33/h6-8,12,14-17,19,29,31,37H,1-5H3,(H2,26,35)/t8-,12+,14?,15?,16+,17-,19-,25-/m0/s1.